The number of imide groups is 1. The summed E-state index contributed by atoms with van der Waals surface area (Å²) in [5.41, 5.74) is -0.0755. The lowest BCUT2D eigenvalue weighted by Crippen LogP contribution is -2.54. The van der Waals surface area contributed by atoms with Crippen LogP contribution in [0.15, 0.2) is 30.3 Å². The summed E-state index contributed by atoms with van der Waals surface area (Å²) in [5, 5.41) is 5.32. The van der Waals surface area contributed by atoms with Crippen molar-refractivity contribution in [3.8, 4) is 0 Å². The van der Waals surface area contributed by atoms with E-state index in [-0.39, 0.29) is 11.7 Å². The molecule has 1 aliphatic heterocycles. The molecule has 1 aliphatic carbocycles. The van der Waals surface area contributed by atoms with Gasteiger partial charge in [-0.05, 0) is 37.7 Å². The Hall–Kier alpha value is -3.23. The van der Waals surface area contributed by atoms with Crippen molar-refractivity contribution in [1.82, 2.24) is 15.5 Å². The van der Waals surface area contributed by atoms with Gasteiger partial charge in [0.2, 0.25) is 0 Å². The van der Waals surface area contributed by atoms with Gasteiger partial charge in [0.05, 0.1) is 6.04 Å². The molecule has 0 bridgehead atoms. The van der Waals surface area contributed by atoms with E-state index in [9.17, 15) is 24.0 Å². The van der Waals surface area contributed by atoms with Crippen LogP contribution in [0.3, 0.4) is 0 Å². The fourth-order valence-electron chi connectivity index (χ4n) is 4.34. The Balaban J connectivity index is 1.50. The zero-order valence-electron chi connectivity index (χ0n) is 18.4. The van der Waals surface area contributed by atoms with Crippen LogP contribution >= 0.6 is 0 Å². The van der Waals surface area contributed by atoms with Crippen LogP contribution in [0.4, 0.5) is 4.79 Å². The number of esters is 1. The molecule has 1 saturated carbocycles. The van der Waals surface area contributed by atoms with Crippen molar-refractivity contribution < 1.29 is 28.7 Å². The lowest BCUT2D eigenvalue weighted by molar-refractivity contribution is -0.151. The van der Waals surface area contributed by atoms with Crippen LogP contribution < -0.4 is 10.6 Å². The van der Waals surface area contributed by atoms with Crippen LogP contribution in [0.5, 0.6) is 0 Å². The summed E-state index contributed by atoms with van der Waals surface area (Å²) >= 11 is 0. The molecule has 0 unspecified atom stereocenters. The zero-order valence-corrected chi connectivity index (χ0v) is 18.4. The van der Waals surface area contributed by atoms with Gasteiger partial charge in [-0.15, -0.1) is 0 Å². The molecule has 3 atom stereocenters. The topological polar surface area (TPSA) is 122 Å². The number of carbonyl (C=O) groups is 5. The Bertz CT molecular complexity index is 902. The van der Waals surface area contributed by atoms with Crippen LogP contribution in [0.2, 0.25) is 0 Å². The number of nitrogens with zero attached hydrogens (tertiary/aromatic N) is 1. The van der Waals surface area contributed by atoms with Gasteiger partial charge in [0.1, 0.15) is 12.1 Å². The Morgan fingerprint density at radius 1 is 1.22 bits per heavy atom. The molecule has 4 amide bonds. The minimum absolute atomic E-state index is 0.0207. The van der Waals surface area contributed by atoms with Crippen LogP contribution in [0, 0.1) is 5.92 Å². The third-order valence-corrected chi connectivity index (χ3v) is 6.26. The summed E-state index contributed by atoms with van der Waals surface area (Å²) in [4.78, 5) is 62.4. The van der Waals surface area contributed by atoms with Crippen LogP contribution in [-0.2, 0) is 30.3 Å². The first-order chi connectivity index (χ1) is 15.2. The van der Waals surface area contributed by atoms with Crippen LogP contribution in [-0.4, -0.2) is 59.2 Å². The third-order valence-electron chi connectivity index (χ3n) is 6.26. The smallest absolute Gasteiger partial charge is 0.326 e. The van der Waals surface area contributed by atoms with Gasteiger partial charge in [0.25, 0.3) is 11.8 Å². The zero-order chi connectivity index (χ0) is 23.3. The normalized spacial score (nSPS) is 23.6. The number of benzene rings is 1. The fraction of sp³-hybridized carbons (Fsp3) is 0.522. The van der Waals surface area contributed by atoms with Crippen molar-refractivity contribution in [2.45, 2.75) is 57.5 Å². The first-order valence-corrected chi connectivity index (χ1v) is 10.9. The average molecular weight is 444 g/mol. The molecule has 172 valence electrons. The van der Waals surface area contributed by atoms with E-state index in [0.29, 0.717) is 12.8 Å². The highest BCUT2D eigenvalue weighted by Crippen LogP contribution is 2.38. The van der Waals surface area contributed by atoms with Crippen molar-refractivity contribution in [1.29, 1.82) is 0 Å². The van der Waals surface area contributed by atoms with Crippen molar-refractivity contribution in [2.75, 3.05) is 13.2 Å². The first kappa shape index (κ1) is 23.4. The molecule has 2 N–H and O–H groups in total. The van der Waals surface area contributed by atoms with Gasteiger partial charge >= 0.3 is 12.0 Å². The number of Topliss-reactive ketones (excluding diaryl/α,β-unsaturated/α-hetero) is 1. The molecule has 1 aromatic rings. The van der Waals surface area contributed by atoms with Crippen molar-refractivity contribution in [3.63, 3.8) is 0 Å². The van der Waals surface area contributed by atoms with Crippen LogP contribution in [0.1, 0.15) is 45.1 Å². The summed E-state index contributed by atoms with van der Waals surface area (Å²) in [6.45, 7) is 2.12. The highest BCUT2D eigenvalue weighted by molar-refractivity contribution is 6.09. The molecule has 3 rings (SSSR count). The van der Waals surface area contributed by atoms with E-state index in [1.165, 1.54) is 6.92 Å². The van der Waals surface area contributed by atoms with Gasteiger partial charge in [0, 0.05) is 0 Å². The minimum atomic E-state index is -0.959. The van der Waals surface area contributed by atoms with Gasteiger partial charge in [-0.3, -0.25) is 24.1 Å². The van der Waals surface area contributed by atoms with Gasteiger partial charge < -0.3 is 15.4 Å². The molecule has 1 spiro atoms. The standard InChI is InChI=1S/C23H29N3O6/c1-15-8-6-7-11-23(15)21(30)26(22(31)25-23)13-20(29)32-14-19(28)24-18(16(2)27)12-17-9-4-3-5-10-17/h3-5,9-10,15,18H,6-8,11-14H2,1-2H3,(H,24,28)(H,25,31)/t15-,18+,23-/m0/s1. The van der Waals surface area contributed by atoms with Gasteiger partial charge in [-0.2, -0.15) is 0 Å². The number of ether oxygens (including phenoxy) is 1. The average Bonchev–Trinajstić information content (AvgIpc) is 2.99. The summed E-state index contributed by atoms with van der Waals surface area (Å²) in [7, 11) is 0. The summed E-state index contributed by atoms with van der Waals surface area (Å²) in [5.74, 6) is -2.17. The highest BCUT2D eigenvalue weighted by Gasteiger charge is 2.55. The van der Waals surface area contributed by atoms with Gasteiger partial charge in [-0.25, -0.2) is 4.79 Å². The Morgan fingerprint density at radius 3 is 2.59 bits per heavy atom. The number of hydrogen-bond acceptors (Lipinski definition) is 6. The maximum Gasteiger partial charge on any atom is 0.326 e. The van der Waals surface area contributed by atoms with Gasteiger partial charge in [0.15, 0.2) is 12.4 Å². The van der Waals surface area contributed by atoms with E-state index in [2.05, 4.69) is 10.6 Å². The Morgan fingerprint density at radius 2 is 1.94 bits per heavy atom. The van der Waals surface area contributed by atoms with Crippen molar-refractivity contribution in [3.05, 3.63) is 35.9 Å². The minimum Gasteiger partial charge on any atom is -0.454 e. The van der Waals surface area contributed by atoms with Crippen molar-refractivity contribution >= 4 is 29.6 Å². The summed E-state index contributed by atoms with van der Waals surface area (Å²) < 4.78 is 4.96. The van der Waals surface area contributed by atoms with Crippen LogP contribution in [0.25, 0.3) is 0 Å². The molecule has 1 saturated heterocycles. The molecule has 1 heterocycles. The molecule has 9 nitrogen and oxygen atoms in total. The van der Waals surface area contributed by atoms with Crippen molar-refractivity contribution in [2.24, 2.45) is 5.92 Å². The maximum absolute atomic E-state index is 12.9. The number of ketones is 1. The summed E-state index contributed by atoms with van der Waals surface area (Å²) in [6, 6.07) is 7.85. The molecule has 0 aromatic heterocycles. The molecule has 9 heteroatoms. The number of carbonyl (C=O) groups excluding carboxylic acids is 5. The number of amides is 4. The maximum atomic E-state index is 12.9. The third kappa shape index (κ3) is 5.15. The largest absolute Gasteiger partial charge is 0.454 e. The molecule has 0 radical (unpaired) electrons. The lowest BCUT2D eigenvalue weighted by Gasteiger charge is -2.36. The Labute approximate surface area is 186 Å². The number of urea groups is 1. The monoisotopic (exact) mass is 443 g/mol. The Kier molecular flexibility index (Phi) is 7.27. The predicted molar refractivity (Wildman–Crippen MR) is 114 cm³/mol. The molecular formula is C23H29N3O6. The second-order valence-electron chi connectivity index (χ2n) is 8.52. The number of hydrogen-bond donors (Lipinski definition) is 2. The molecule has 2 fully saturated rings. The predicted octanol–water partition coefficient (Wildman–Crippen LogP) is 1.35. The second kappa shape index (κ2) is 9.93. The summed E-state index contributed by atoms with van der Waals surface area (Å²) in [6.07, 6.45) is 3.51. The molecule has 32 heavy (non-hydrogen) atoms. The second-order valence-corrected chi connectivity index (χ2v) is 8.52. The number of rotatable bonds is 8. The fourth-order valence-corrected chi connectivity index (χ4v) is 4.34. The van der Waals surface area contributed by atoms with Gasteiger partial charge in [-0.1, -0.05) is 50.1 Å². The highest BCUT2D eigenvalue weighted by atomic mass is 16.5. The molecule has 2 aliphatic rings. The SMILES string of the molecule is CC(=O)[C@@H](Cc1ccccc1)NC(=O)COC(=O)CN1C(=O)N[C@]2(CCCC[C@@H]2C)C1=O. The van der Waals surface area contributed by atoms with E-state index < -0.39 is 48.5 Å². The number of nitrogens with one attached hydrogen (secondary N) is 2. The quantitative estimate of drug-likeness (QED) is 0.462. The van der Waals surface area contributed by atoms with E-state index in [1.54, 1.807) is 0 Å². The molecule has 1 aromatic carbocycles. The lowest BCUT2D eigenvalue weighted by atomic mass is 9.73. The first-order valence-electron chi connectivity index (χ1n) is 10.9. The van der Waals surface area contributed by atoms with E-state index in [4.69, 9.17) is 4.74 Å². The van der Waals surface area contributed by atoms with E-state index >= 15 is 0 Å². The van der Waals surface area contributed by atoms with E-state index in [1.807, 2.05) is 37.3 Å². The molecular weight excluding hydrogens is 414 g/mol. The van der Waals surface area contributed by atoms with E-state index in [0.717, 1.165) is 29.7 Å².